The zero-order valence-corrected chi connectivity index (χ0v) is 17.2. The summed E-state index contributed by atoms with van der Waals surface area (Å²) < 4.78 is 0. The van der Waals surface area contributed by atoms with E-state index in [9.17, 15) is 9.59 Å². The first-order chi connectivity index (χ1) is 12.6. The quantitative estimate of drug-likeness (QED) is 0.727. The Morgan fingerprint density at radius 2 is 1.73 bits per heavy atom. The van der Waals surface area contributed by atoms with Crippen LogP contribution in [0.4, 0.5) is 0 Å². The van der Waals surface area contributed by atoms with Crippen molar-refractivity contribution >= 4 is 12.2 Å². The number of Topliss-reactive ketones (excluding diaryl/α,β-unsaturated/α-hetero) is 1. The van der Waals surface area contributed by atoms with E-state index in [1.165, 1.54) is 49.9 Å². The third-order valence-corrected chi connectivity index (χ3v) is 4.19. The minimum Gasteiger partial charge on any atom is -0.355 e. The monoisotopic (exact) mass is 362 g/mol. The van der Waals surface area contributed by atoms with Gasteiger partial charge in [0.2, 0.25) is 6.41 Å². The second-order valence-corrected chi connectivity index (χ2v) is 6.68. The standard InChI is InChI=1S/C10H19NO.C9H11NO.C3H8/c1-2-10(12)6-9-11-7-4-3-5-8-11;1-8-4-2-3-5-9(8)6-10-7-11;1-3-2/h2-9H2,1H3;2-5,7H,6H2,1H3,(H,10,11);3H2,1-2H3. The maximum Gasteiger partial charge on any atom is 0.207 e. The molecule has 1 aliphatic rings. The van der Waals surface area contributed by atoms with Crippen molar-refractivity contribution in [3.8, 4) is 0 Å². The normalized spacial score (nSPS) is 13.5. The summed E-state index contributed by atoms with van der Waals surface area (Å²) in [7, 11) is 0. The molecular weight excluding hydrogens is 324 g/mol. The smallest absolute Gasteiger partial charge is 0.207 e. The number of nitrogens with zero attached hydrogens (tertiary/aromatic N) is 1. The van der Waals surface area contributed by atoms with Crippen molar-refractivity contribution in [2.24, 2.45) is 0 Å². The van der Waals surface area contributed by atoms with Crippen LogP contribution in [0.5, 0.6) is 0 Å². The molecule has 1 amide bonds. The van der Waals surface area contributed by atoms with Crippen LogP contribution in [0.25, 0.3) is 0 Å². The van der Waals surface area contributed by atoms with Gasteiger partial charge >= 0.3 is 0 Å². The van der Waals surface area contributed by atoms with Crippen molar-refractivity contribution < 1.29 is 9.59 Å². The Labute approximate surface area is 160 Å². The molecule has 0 aromatic heterocycles. The zero-order valence-electron chi connectivity index (χ0n) is 17.2. The van der Waals surface area contributed by atoms with E-state index < -0.39 is 0 Å². The van der Waals surface area contributed by atoms with E-state index in [4.69, 9.17) is 0 Å². The molecule has 0 atom stereocenters. The summed E-state index contributed by atoms with van der Waals surface area (Å²) in [6, 6.07) is 7.99. The molecule has 4 heteroatoms. The minimum atomic E-state index is 0.403. The lowest BCUT2D eigenvalue weighted by atomic mass is 10.1. The lowest BCUT2D eigenvalue weighted by Gasteiger charge is -2.25. The average molecular weight is 363 g/mol. The zero-order chi connectivity index (χ0) is 19.6. The Bertz CT molecular complexity index is 483. The number of piperidine rings is 1. The number of carbonyl (C=O) groups excluding carboxylic acids is 2. The van der Waals surface area contributed by atoms with Gasteiger partial charge in [0, 0.05) is 25.9 Å². The van der Waals surface area contributed by atoms with Crippen molar-refractivity contribution in [2.45, 2.75) is 72.8 Å². The first-order valence-electron chi connectivity index (χ1n) is 10.0. The van der Waals surface area contributed by atoms with Gasteiger partial charge < -0.3 is 10.2 Å². The maximum atomic E-state index is 11.0. The molecule has 1 heterocycles. The number of hydrogen-bond donors (Lipinski definition) is 1. The van der Waals surface area contributed by atoms with Crippen LogP contribution in [-0.2, 0) is 16.1 Å². The highest BCUT2D eigenvalue weighted by Gasteiger charge is 2.10. The Morgan fingerprint density at radius 1 is 1.12 bits per heavy atom. The predicted octanol–water partition coefficient (Wildman–Crippen LogP) is 4.50. The summed E-state index contributed by atoms with van der Waals surface area (Å²) in [4.78, 5) is 23.4. The van der Waals surface area contributed by atoms with Crippen LogP contribution in [0.2, 0.25) is 0 Å². The molecule has 26 heavy (non-hydrogen) atoms. The molecule has 2 rings (SSSR count). The number of likely N-dealkylation sites (tertiary alicyclic amines) is 1. The maximum absolute atomic E-state index is 11.0. The first kappa shape index (κ1) is 24.3. The van der Waals surface area contributed by atoms with Crippen LogP contribution >= 0.6 is 0 Å². The van der Waals surface area contributed by atoms with Crippen molar-refractivity contribution in [1.82, 2.24) is 10.2 Å². The SMILES string of the molecule is CCC.CCC(=O)CCN1CCCCC1.Cc1ccccc1CNC=O. The van der Waals surface area contributed by atoms with Crippen LogP contribution in [0, 0.1) is 6.92 Å². The third-order valence-electron chi connectivity index (χ3n) is 4.19. The van der Waals surface area contributed by atoms with Crippen molar-refractivity contribution in [3.63, 3.8) is 0 Å². The number of amides is 1. The molecule has 1 fully saturated rings. The minimum absolute atomic E-state index is 0.403. The molecule has 0 aliphatic carbocycles. The van der Waals surface area contributed by atoms with Crippen molar-refractivity contribution in [1.29, 1.82) is 0 Å². The number of benzene rings is 1. The summed E-state index contributed by atoms with van der Waals surface area (Å²) in [6.07, 6.45) is 7.44. The number of aryl methyl sites for hydroxylation is 1. The van der Waals surface area contributed by atoms with Crippen LogP contribution < -0.4 is 5.32 Å². The Balaban J connectivity index is 0.000000419. The summed E-state index contributed by atoms with van der Waals surface area (Å²) in [5, 5.41) is 2.62. The van der Waals surface area contributed by atoms with E-state index in [-0.39, 0.29) is 0 Å². The van der Waals surface area contributed by atoms with Gasteiger partial charge in [-0.25, -0.2) is 0 Å². The molecule has 1 N–H and O–H groups in total. The van der Waals surface area contributed by atoms with Crippen LogP contribution in [0.1, 0.15) is 70.4 Å². The van der Waals surface area contributed by atoms with E-state index in [0.717, 1.165) is 13.0 Å². The predicted molar refractivity (Wildman–Crippen MR) is 110 cm³/mol. The van der Waals surface area contributed by atoms with E-state index in [1.807, 2.05) is 38.1 Å². The van der Waals surface area contributed by atoms with Gasteiger partial charge in [-0.05, 0) is 44.0 Å². The number of nitrogens with one attached hydrogen (secondary N) is 1. The second kappa shape index (κ2) is 16.8. The average Bonchev–Trinajstić information content (AvgIpc) is 2.67. The Morgan fingerprint density at radius 3 is 2.27 bits per heavy atom. The molecule has 0 saturated carbocycles. The lowest BCUT2D eigenvalue weighted by Crippen LogP contribution is -2.31. The molecule has 0 spiro atoms. The van der Waals surface area contributed by atoms with Crippen LogP contribution in [-0.4, -0.2) is 36.7 Å². The first-order valence-corrected chi connectivity index (χ1v) is 10.0. The van der Waals surface area contributed by atoms with Crippen molar-refractivity contribution in [3.05, 3.63) is 35.4 Å². The number of hydrogen-bond acceptors (Lipinski definition) is 3. The Kier molecular flexibility index (Phi) is 15.7. The highest BCUT2D eigenvalue weighted by molar-refractivity contribution is 5.78. The third kappa shape index (κ3) is 12.6. The molecule has 1 aromatic rings. The lowest BCUT2D eigenvalue weighted by molar-refractivity contribution is -0.119. The highest BCUT2D eigenvalue weighted by atomic mass is 16.1. The molecule has 0 unspecified atom stereocenters. The van der Waals surface area contributed by atoms with Crippen LogP contribution in [0.3, 0.4) is 0 Å². The molecule has 0 bridgehead atoms. The van der Waals surface area contributed by atoms with Gasteiger partial charge in [0.15, 0.2) is 0 Å². The fraction of sp³-hybridized carbons (Fsp3) is 0.636. The highest BCUT2D eigenvalue weighted by Crippen LogP contribution is 2.09. The second-order valence-electron chi connectivity index (χ2n) is 6.68. The fourth-order valence-electron chi connectivity index (χ4n) is 2.60. The van der Waals surface area contributed by atoms with Crippen LogP contribution in [0.15, 0.2) is 24.3 Å². The Hall–Kier alpha value is -1.68. The van der Waals surface area contributed by atoms with E-state index >= 15 is 0 Å². The molecule has 1 aromatic carbocycles. The fourth-order valence-corrected chi connectivity index (χ4v) is 2.60. The molecule has 4 nitrogen and oxygen atoms in total. The molecule has 0 radical (unpaired) electrons. The van der Waals surface area contributed by atoms with Crippen molar-refractivity contribution in [2.75, 3.05) is 19.6 Å². The molecule has 148 valence electrons. The molecule has 1 aliphatic heterocycles. The van der Waals surface area contributed by atoms with E-state index in [0.29, 0.717) is 25.2 Å². The summed E-state index contributed by atoms with van der Waals surface area (Å²) in [6.45, 7) is 12.2. The number of carbonyl (C=O) groups is 2. The van der Waals surface area contributed by atoms with Gasteiger partial charge in [-0.2, -0.15) is 0 Å². The van der Waals surface area contributed by atoms with Gasteiger partial charge in [0.1, 0.15) is 5.78 Å². The van der Waals surface area contributed by atoms with Gasteiger partial charge in [-0.15, -0.1) is 0 Å². The molecule has 1 saturated heterocycles. The van der Waals surface area contributed by atoms with E-state index in [2.05, 4.69) is 24.1 Å². The summed E-state index contributed by atoms with van der Waals surface area (Å²) in [5.41, 5.74) is 2.38. The van der Waals surface area contributed by atoms with Gasteiger partial charge in [-0.3, -0.25) is 9.59 Å². The van der Waals surface area contributed by atoms with Gasteiger partial charge in [-0.1, -0.05) is 57.9 Å². The summed E-state index contributed by atoms with van der Waals surface area (Å²) in [5.74, 6) is 0.403. The number of rotatable bonds is 7. The summed E-state index contributed by atoms with van der Waals surface area (Å²) >= 11 is 0. The van der Waals surface area contributed by atoms with Gasteiger partial charge in [0.25, 0.3) is 0 Å². The largest absolute Gasteiger partial charge is 0.355 e. The van der Waals surface area contributed by atoms with E-state index in [1.54, 1.807) is 0 Å². The topological polar surface area (TPSA) is 49.4 Å². The van der Waals surface area contributed by atoms with Gasteiger partial charge in [0.05, 0.1) is 0 Å². The molecular formula is C22H38N2O2. The number of ketones is 1.